The Labute approximate surface area is 101 Å². The smallest absolute Gasteiger partial charge is 0.258 e. The number of halogens is 1. The molecule has 1 unspecified atom stereocenters. The Morgan fingerprint density at radius 1 is 1.50 bits per heavy atom. The molecule has 1 aromatic rings. The van der Waals surface area contributed by atoms with Gasteiger partial charge in [0.2, 0.25) is 0 Å². The van der Waals surface area contributed by atoms with Crippen molar-refractivity contribution in [3.8, 4) is 0 Å². The third-order valence-electron chi connectivity index (χ3n) is 2.57. The second-order valence-electron chi connectivity index (χ2n) is 3.89. The lowest BCUT2D eigenvalue weighted by atomic mass is 9.99. The predicted octanol–water partition coefficient (Wildman–Crippen LogP) is 4.04. The zero-order valence-electron chi connectivity index (χ0n) is 9.28. The van der Waals surface area contributed by atoms with Crippen LogP contribution in [0, 0.1) is 23.0 Å². The fourth-order valence-electron chi connectivity index (χ4n) is 1.46. The van der Waals surface area contributed by atoms with Gasteiger partial charge < -0.3 is 0 Å². The van der Waals surface area contributed by atoms with Crippen LogP contribution in [0.3, 0.4) is 0 Å². The van der Waals surface area contributed by atoms with Crippen molar-refractivity contribution >= 4 is 17.3 Å². The van der Waals surface area contributed by atoms with Crippen LogP contribution in [0.2, 0.25) is 5.02 Å². The first-order valence-electron chi connectivity index (χ1n) is 5.30. The molecule has 4 heteroatoms. The van der Waals surface area contributed by atoms with Gasteiger partial charge >= 0.3 is 0 Å². The molecule has 0 heterocycles. The number of nitro benzene ring substituents is 1. The first-order valence-corrected chi connectivity index (χ1v) is 5.67. The second-order valence-corrected chi connectivity index (χ2v) is 4.32. The summed E-state index contributed by atoms with van der Waals surface area (Å²) in [5.41, 5.74) is 0.959. The Balaban J connectivity index is 2.76. The molecule has 0 amide bonds. The monoisotopic (exact) mass is 240 g/mol. The zero-order valence-corrected chi connectivity index (χ0v) is 10.0. The van der Waals surface area contributed by atoms with Crippen LogP contribution in [-0.2, 0) is 6.42 Å². The van der Waals surface area contributed by atoms with Gasteiger partial charge in [0, 0.05) is 17.2 Å². The maximum absolute atomic E-state index is 10.6. The van der Waals surface area contributed by atoms with Crippen molar-refractivity contribution in [3.63, 3.8) is 0 Å². The molecule has 0 N–H and O–H groups in total. The standard InChI is InChI=1S/C12H15ClNO2/c1-3-9(2)4-5-10-6-11(13)8-12(7-10)14(15)16/h6-9H,2-5H2,1H3. The maximum Gasteiger partial charge on any atom is 0.271 e. The van der Waals surface area contributed by atoms with Crippen molar-refractivity contribution in [1.29, 1.82) is 0 Å². The highest BCUT2D eigenvalue weighted by Gasteiger charge is 2.09. The van der Waals surface area contributed by atoms with Gasteiger partial charge in [-0.1, -0.05) is 31.9 Å². The van der Waals surface area contributed by atoms with Crippen LogP contribution in [0.25, 0.3) is 0 Å². The summed E-state index contributed by atoms with van der Waals surface area (Å²) < 4.78 is 0. The zero-order chi connectivity index (χ0) is 12.1. The molecule has 1 atom stereocenters. The van der Waals surface area contributed by atoms with Crippen molar-refractivity contribution in [1.82, 2.24) is 0 Å². The SMILES string of the molecule is [CH2]C(CC)CCc1cc(Cl)cc([N+](=O)[O-])c1. The molecule has 0 bridgehead atoms. The van der Waals surface area contributed by atoms with Crippen molar-refractivity contribution < 1.29 is 4.92 Å². The summed E-state index contributed by atoms with van der Waals surface area (Å²) in [6.45, 7) is 6.07. The molecule has 0 saturated heterocycles. The van der Waals surface area contributed by atoms with Gasteiger partial charge in [0.25, 0.3) is 5.69 Å². The normalized spacial score (nSPS) is 12.4. The van der Waals surface area contributed by atoms with Crippen molar-refractivity contribution in [2.75, 3.05) is 0 Å². The van der Waals surface area contributed by atoms with E-state index in [1.807, 2.05) is 0 Å². The Hall–Kier alpha value is -1.09. The number of hydrogen-bond donors (Lipinski definition) is 0. The molecule has 1 aromatic carbocycles. The first kappa shape index (κ1) is 13.0. The lowest BCUT2D eigenvalue weighted by Gasteiger charge is -2.07. The van der Waals surface area contributed by atoms with Crippen LogP contribution in [0.5, 0.6) is 0 Å². The quantitative estimate of drug-likeness (QED) is 0.576. The number of nitro groups is 1. The van der Waals surface area contributed by atoms with Crippen LogP contribution in [-0.4, -0.2) is 4.92 Å². The molecule has 0 saturated carbocycles. The van der Waals surface area contributed by atoms with Crippen molar-refractivity contribution in [2.24, 2.45) is 5.92 Å². The fraction of sp³-hybridized carbons (Fsp3) is 0.417. The summed E-state index contributed by atoms with van der Waals surface area (Å²) in [5.74, 6) is 0.387. The molecule has 1 radical (unpaired) electrons. The Morgan fingerprint density at radius 2 is 2.19 bits per heavy atom. The van der Waals surface area contributed by atoms with Crippen molar-refractivity contribution in [2.45, 2.75) is 26.2 Å². The van der Waals surface area contributed by atoms with Gasteiger partial charge in [0.15, 0.2) is 0 Å². The Kier molecular flexibility index (Phi) is 4.74. The highest BCUT2D eigenvalue weighted by atomic mass is 35.5. The van der Waals surface area contributed by atoms with Gasteiger partial charge in [-0.2, -0.15) is 0 Å². The first-order chi connectivity index (χ1) is 7.52. The van der Waals surface area contributed by atoms with Gasteiger partial charge in [-0.05, 0) is 30.4 Å². The van der Waals surface area contributed by atoms with E-state index in [1.54, 1.807) is 12.1 Å². The van der Waals surface area contributed by atoms with Crippen LogP contribution in [0.1, 0.15) is 25.3 Å². The molecular formula is C12H15ClNO2. The van der Waals surface area contributed by atoms with Gasteiger partial charge in [0.05, 0.1) is 4.92 Å². The number of rotatable bonds is 5. The lowest BCUT2D eigenvalue weighted by Crippen LogP contribution is -1.97. The minimum Gasteiger partial charge on any atom is -0.258 e. The van der Waals surface area contributed by atoms with Gasteiger partial charge in [-0.15, -0.1) is 0 Å². The number of hydrogen-bond acceptors (Lipinski definition) is 2. The largest absolute Gasteiger partial charge is 0.271 e. The molecule has 0 fully saturated rings. The average Bonchev–Trinajstić information content (AvgIpc) is 2.25. The van der Waals surface area contributed by atoms with Crippen LogP contribution >= 0.6 is 11.6 Å². The van der Waals surface area contributed by atoms with E-state index in [4.69, 9.17) is 11.6 Å². The highest BCUT2D eigenvalue weighted by Crippen LogP contribution is 2.22. The van der Waals surface area contributed by atoms with Crippen LogP contribution in [0.15, 0.2) is 18.2 Å². The summed E-state index contributed by atoms with van der Waals surface area (Å²) >= 11 is 5.82. The molecule has 3 nitrogen and oxygen atoms in total. The molecule has 1 rings (SSSR count). The minimum absolute atomic E-state index is 0.0552. The van der Waals surface area contributed by atoms with E-state index in [9.17, 15) is 10.1 Å². The summed E-state index contributed by atoms with van der Waals surface area (Å²) in [5, 5.41) is 11.1. The summed E-state index contributed by atoms with van der Waals surface area (Å²) in [6.07, 6.45) is 2.72. The van der Waals surface area contributed by atoms with Crippen LogP contribution in [0.4, 0.5) is 5.69 Å². The topological polar surface area (TPSA) is 43.1 Å². The molecule has 0 spiro atoms. The average molecular weight is 241 g/mol. The Morgan fingerprint density at radius 3 is 2.75 bits per heavy atom. The summed E-state index contributed by atoms with van der Waals surface area (Å²) in [4.78, 5) is 10.2. The van der Waals surface area contributed by atoms with E-state index < -0.39 is 4.92 Å². The molecule has 16 heavy (non-hydrogen) atoms. The molecular weight excluding hydrogens is 226 g/mol. The number of nitrogens with zero attached hydrogens (tertiary/aromatic N) is 1. The molecule has 0 aromatic heterocycles. The predicted molar refractivity (Wildman–Crippen MR) is 65.6 cm³/mol. The molecule has 87 valence electrons. The number of non-ortho nitro benzene ring substituents is 1. The van der Waals surface area contributed by atoms with E-state index in [1.165, 1.54) is 6.07 Å². The lowest BCUT2D eigenvalue weighted by molar-refractivity contribution is -0.384. The van der Waals surface area contributed by atoms with Crippen molar-refractivity contribution in [3.05, 3.63) is 45.8 Å². The van der Waals surface area contributed by atoms with E-state index in [2.05, 4.69) is 13.8 Å². The molecule has 0 aliphatic heterocycles. The van der Waals surface area contributed by atoms with E-state index in [0.717, 1.165) is 24.8 Å². The third-order valence-corrected chi connectivity index (χ3v) is 2.79. The summed E-state index contributed by atoms with van der Waals surface area (Å²) in [7, 11) is 0. The number of benzene rings is 1. The third kappa shape index (κ3) is 3.81. The van der Waals surface area contributed by atoms with Crippen LogP contribution < -0.4 is 0 Å². The molecule has 0 aliphatic rings. The molecule has 0 aliphatic carbocycles. The van der Waals surface area contributed by atoms with E-state index >= 15 is 0 Å². The summed E-state index contributed by atoms with van der Waals surface area (Å²) in [6, 6.07) is 4.72. The second kappa shape index (κ2) is 5.85. The Bertz CT molecular complexity index is 379. The van der Waals surface area contributed by atoms with Gasteiger partial charge in [-0.25, -0.2) is 0 Å². The van der Waals surface area contributed by atoms with E-state index in [0.29, 0.717) is 10.9 Å². The highest BCUT2D eigenvalue weighted by molar-refractivity contribution is 6.30. The van der Waals surface area contributed by atoms with E-state index in [-0.39, 0.29) is 5.69 Å². The maximum atomic E-state index is 10.6. The number of aryl methyl sites for hydroxylation is 1. The van der Waals surface area contributed by atoms with Gasteiger partial charge in [0.1, 0.15) is 0 Å². The fourth-order valence-corrected chi connectivity index (χ4v) is 1.71. The minimum atomic E-state index is -0.420. The van der Waals surface area contributed by atoms with Gasteiger partial charge in [-0.3, -0.25) is 10.1 Å².